The summed E-state index contributed by atoms with van der Waals surface area (Å²) in [7, 11) is 1.87. The fraction of sp³-hybridized carbons (Fsp3) is 0.714. The summed E-state index contributed by atoms with van der Waals surface area (Å²) in [5.41, 5.74) is 1.05. The number of aromatic nitrogens is 2. The Morgan fingerprint density at radius 2 is 1.83 bits per heavy atom. The number of ether oxygens (including phenoxy) is 1. The zero-order valence-electron chi connectivity index (χ0n) is 12.3. The summed E-state index contributed by atoms with van der Waals surface area (Å²) in [5, 5.41) is 3.10. The van der Waals surface area contributed by atoms with Crippen LogP contribution in [0.1, 0.15) is 52.5 Å². The number of anilines is 1. The zero-order chi connectivity index (χ0) is 13.7. The van der Waals surface area contributed by atoms with Crippen molar-refractivity contribution in [2.24, 2.45) is 5.92 Å². The van der Waals surface area contributed by atoms with Gasteiger partial charge in [0, 0.05) is 7.05 Å². The summed E-state index contributed by atoms with van der Waals surface area (Å²) in [5.74, 6) is 2.51. The van der Waals surface area contributed by atoms with Gasteiger partial charge in [-0.2, -0.15) is 0 Å². The first-order chi connectivity index (χ1) is 8.45. The summed E-state index contributed by atoms with van der Waals surface area (Å²) < 4.78 is 5.97. The van der Waals surface area contributed by atoms with Crippen molar-refractivity contribution in [3.8, 4) is 5.88 Å². The fourth-order valence-corrected chi connectivity index (χ4v) is 2.10. The molecule has 0 aliphatic carbocycles. The van der Waals surface area contributed by atoms with Gasteiger partial charge in [0.1, 0.15) is 12.1 Å². The van der Waals surface area contributed by atoms with Crippen LogP contribution in [0.15, 0.2) is 6.33 Å². The maximum absolute atomic E-state index is 5.97. The van der Waals surface area contributed by atoms with Crippen molar-refractivity contribution in [2.45, 2.75) is 53.1 Å². The Bertz CT molecular complexity index is 377. The van der Waals surface area contributed by atoms with E-state index < -0.39 is 0 Å². The molecule has 0 fully saturated rings. The van der Waals surface area contributed by atoms with Crippen molar-refractivity contribution < 1.29 is 4.74 Å². The van der Waals surface area contributed by atoms with Gasteiger partial charge in [0.15, 0.2) is 0 Å². The fourth-order valence-electron chi connectivity index (χ4n) is 2.10. The molecule has 102 valence electrons. The van der Waals surface area contributed by atoms with Gasteiger partial charge in [0.05, 0.1) is 11.7 Å². The van der Waals surface area contributed by atoms with Crippen molar-refractivity contribution in [3.63, 3.8) is 0 Å². The van der Waals surface area contributed by atoms with E-state index in [1.165, 1.54) is 0 Å². The minimum Gasteiger partial charge on any atom is -0.474 e. The maximum atomic E-state index is 5.97. The lowest BCUT2D eigenvalue weighted by atomic mass is 10.0. The lowest BCUT2D eigenvalue weighted by Gasteiger charge is -2.20. The van der Waals surface area contributed by atoms with E-state index >= 15 is 0 Å². The minimum atomic E-state index is 0.169. The van der Waals surface area contributed by atoms with Gasteiger partial charge < -0.3 is 10.1 Å². The molecule has 1 aromatic rings. The van der Waals surface area contributed by atoms with E-state index in [9.17, 15) is 0 Å². The monoisotopic (exact) mass is 251 g/mol. The van der Waals surface area contributed by atoms with Crippen LogP contribution in [0, 0.1) is 5.92 Å². The van der Waals surface area contributed by atoms with Crippen LogP contribution >= 0.6 is 0 Å². The molecule has 0 aliphatic heterocycles. The number of nitrogens with one attached hydrogen (secondary N) is 1. The Kier molecular flexibility index (Phi) is 5.38. The Balaban J connectivity index is 2.94. The summed E-state index contributed by atoms with van der Waals surface area (Å²) in [6.45, 7) is 10.7. The van der Waals surface area contributed by atoms with Gasteiger partial charge in [-0.25, -0.2) is 9.97 Å². The highest BCUT2D eigenvalue weighted by atomic mass is 16.5. The first-order valence-electron chi connectivity index (χ1n) is 6.65. The van der Waals surface area contributed by atoms with Gasteiger partial charge in [-0.05, 0) is 25.2 Å². The van der Waals surface area contributed by atoms with E-state index in [0.717, 1.165) is 17.8 Å². The molecule has 1 N–H and O–H groups in total. The first-order valence-corrected chi connectivity index (χ1v) is 6.65. The van der Waals surface area contributed by atoms with Gasteiger partial charge in [-0.3, -0.25) is 0 Å². The predicted octanol–water partition coefficient (Wildman–Crippen LogP) is 3.46. The highest BCUT2D eigenvalue weighted by Gasteiger charge is 2.17. The number of hydrogen-bond acceptors (Lipinski definition) is 4. The first kappa shape index (κ1) is 14.7. The third-order valence-electron chi connectivity index (χ3n) is 2.78. The van der Waals surface area contributed by atoms with Crippen molar-refractivity contribution in [2.75, 3.05) is 12.4 Å². The molecule has 0 saturated heterocycles. The molecule has 1 atom stereocenters. The topological polar surface area (TPSA) is 47.0 Å². The SMILES string of the molecule is CNc1ncnc(OC(C)CC(C)C)c1C(C)C. The lowest BCUT2D eigenvalue weighted by Crippen LogP contribution is -2.17. The van der Waals surface area contributed by atoms with Crippen LogP contribution in [0.25, 0.3) is 0 Å². The average Bonchev–Trinajstić information content (AvgIpc) is 2.26. The molecule has 4 nitrogen and oxygen atoms in total. The Labute approximate surface area is 110 Å². The summed E-state index contributed by atoms with van der Waals surface area (Å²) >= 11 is 0. The van der Waals surface area contributed by atoms with Crippen molar-refractivity contribution in [1.29, 1.82) is 0 Å². The van der Waals surface area contributed by atoms with Gasteiger partial charge >= 0.3 is 0 Å². The van der Waals surface area contributed by atoms with Crippen LogP contribution in [0.4, 0.5) is 5.82 Å². The largest absolute Gasteiger partial charge is 0.474 e. The van der Waals surface area contributed by atoms with Gasteiger partial charge in [0.2, 0.25) is 5.88 Å². The molecule has 0 aliphatic rings. The minimum absolute atomic E-state index is 0.169. The van der Waals surface area contributed by atoms with Crippen LogP contribution in [0.5, 0.6) is 5.88 Å². The van der Waals surface area contributed by atoms with Gasteiger partial charge in [-0.15, -0.1) is 0 Å². The van der Waals surface area contributed by atoms with Crippen molar-refractivity contribution in [1.82, 2.24) is 9.97 Å². The maximum Gasteiger partial charge on any atom is 0.222 e. The van der Waals surface area contributed by atoms with Gasteiger partial charge in [-0.1, -0.05) is 27.7 Å². The highest BCUT2D eigenvalue weighted by Crippen LogP contribution is 2.30. The van der Waals surface area contributed by atoms with Gasteiger partial charge in [0.25, 0.3) is 0 Å². The Hall–Kier alpha value is -1.32. The summed E-state index contributed by atoms with van der Waals surface area (Å²) in [6.07, 6.45) is 2.74. The van der Waals surface area contributed by atoms with Crippen LogP contribution < -0.4 is 10.1 Å². The molecule has 18 heavy (non-hydrogen) atoms. The molecule has 1 heterocycles. The molecule has 0 radical (unpaired) electrons. The molecule has 0 saturated carbocycles. The van der Waals surface area contributed by atoms with E-state index in [-0.39, 0.29) is 6.10 Å². The standard InChI is InChI=1S/C14H25N3O/c1-9(2)7-11(5)18-14-12(10(3)4)13(15-6)16-8-17-14/h8-11H,7H2,1-6H3,(H,15,16,17). The Morgan fingerprint density at radius 3 is 2.33 bits per heavy atom. The molecular weight excluding hydrogens is 226 g/mol. The quantitative estimate of drug-likeness (QED) is 0.841. The average molecular weight is 251 g/mol. The Morgan fingerprint density at radius 1 is 1.17 bits per heavy atom. The van der Waals surface area contributed by atoms with Crippen molar-refractivity contribution in [3.05, 3.63) is 11.9 Å². The molecule has 1 rings (SSSR count). The molecular formula is C14H25N3O. The van der Waals surface area contributed by atoms with E-state index in [0.29, 0.717) is 17.7 Å². The molecule has 1 unspecified atom stereocenters. The second-order valence-electron chi connectivity index (χ2n) is 5.40. The summed E-state index contributed by atoms with van der Waals surface area (Å²) in [6, 6.07) is 0. The molecule has 0 aromatic carbocycles. The van der Waals surface area contributed by atoms with E-state index in [2.05, 4.69) is 49.9 Å². The molecule has 4 heteroatoms. The third kappa shape index (κ3) is 3.86. The smallest absolute Gasteiger partial charge is 0.222 e. The molecule has 0 amide bonds. The molecule has 1 aromatic heterocycles. The van der Waals surface area contributed by atoms with Crippen LogP contribution in [0.3, 0.4) is 0 Å². The van der Waals surface area contributed by atoms with Crippen LogP contribution in [0.2, 0.25) is 0 Å². The zero-order valence-corrected chi connectivity index (χ0v) is 12.3. The molecule has 0 bridgehead atoms. The second kappa shape index (κ2) is 6.57. The van der Waals surface area contributed by atoms with Crippen LogP contribution in [-0.4, -0.2) is 23.1 Å². The number of nitrogens with zero attached hydrogens (tertiary/aromatic N) is 2. The summed E-state index contributed by atoms with van der Waals surface area (Å²) in [4.78, 5) is 8.53. The predicted molar refractivity (Wildman–Crippen MR) is 75.2 cm³/mol. The van der Waals surface area contributed by atoms with Crippen LogP contribution in [-0.2, 0) is 0 Å². The number of hydrogen-bond donors (Lipinski definition) is 1. The van der Waals surface area contributed by atoms with E-state index in [1.54, 1.807) is 6.33 Å². The number of rotatable bonds is 6. The van der Waals surface area contributed by atoms with E-state index in [1.807, 2.05) is 7.05 Å². The second-order valence-corrected chi connectivity index (χ2v) is 5.40. The lowest BCUT2D eigenvalue weighted by molar-refractivity contribution is 0.183. The third-order valence-corrected chi connectivity index (χ3v) is 2.78. The van der Waals surface area contributed by atoms with Crippen molar-refractivity contribution >= 4 is 5.82 Å². The molecule has 0 spiro atoms. The van der Waals surface area contributed by atoms with E-state index in [4.69, 9.17) is 4.74 Å². The highest BCUT2D eigenvalue weighted by molar-refractivity contribution is 5.50. The normalized spacial score (nSPS) is 12.9.